The molecule has 2 nitrogen and oxygen atoms in total. The summed E-state index contributed by atoms with van der Waals surface area (Å²) in [7, 11) is 0. The number of phenols is 1. The van der Waals surface area contributed by atoms with Gasteiger partial charge in [0.25, 0.3) is 0 Å². The standard InChI is InChI=1S/C10H11FO2/c1-6-3-4-9(11)10(13)8(6)5-7(2)12/h3-4,13H,5H2,1-2H3. The molecule has 0 aliphatic rings. The lowest BCUT2D eigenvalue weighted by molar-refractivity contribution is -0.116. The Morgan fingerprint density at radius 2 is 2.15 bits per heavy atom. The minimum Gasteiger partial charge on any atom is -0.505 e. The predicted molar refractivity (Wildman–Crippen MR) is 47.2 cm³/mol. The van der Waals surface area contributed by atoms with Crippen molar-refractivity contribution in [1.29, 1.82) is 0 Å². The molecule has 0 bridgehead atoms. The summed E-state index contributed by atoms with van der Waals surface area (Å²) < 4.78 is 12.8. The van der Waals surface area contributed by atoms with Crippen molar-refractivity contribution >= 4 is 5.78 Å². The van der Waals surface area contributed by atoms with Crippen LogP contribution in [0, 0.1) is 12.7 Å². The molecule has 0 saturated heterocycles. The molecule has 0 spiro atoms. The molecule has 3 heteroatoms. The fourth-order valence-corrected chi connectivity index (χ4v) is 1.18. The van der Waals surface area contributed by atoms with Gasteiger partial charge in [0.15, 0.2) is 11.6 Å². The van der Waals surface area contributed by atoms with Crippen molar-refractivity contribution in [2.24, 2.45) is 0 Å². The number of benzene rings is 1. The zero-order valence-corrected chi connectivity index (χ0v) is 7.60. The molecule has 0 saturated carbocycles. The maximum atomic E-state index is 12.8. The zero-order chi connectivity index (χ0) is 10.0. The largest absolute Gasteiger partial charge is 0.505 e. The highest BCUT2D eigenvalue weighted by atomic mass is 19.1. The number of halogens is 1. The van der Waals surface area contributed by atoms with Crippen molar-refractivity contribution in [2.45, 2.75) is 20.3 Å². The molecule has 0 aromatic heterocycles. The number of carbonyl (C=O) groups excluding carboxylic acids is 1. The molecule has 0 heterocycles. The minimum atomic E-state index is -0.679. The van der Waals surface area contributed by atoms with Crippen LogP contribution < -0.4 is 0 Å². The topological polar surface area (TPSA) is 37.3 Å². The Morgan fingerprint density at radius 1 is 1.54 bits per heavy atom. The van der Waals surface area contributed by atoms with E-state index in [0.29, 0.717) is 5.56 Å². The number of ketones is 1. The second-order valence-electron chi connectivity index (χ2n) is 3.07. The number of rotatable bonds is 2. The van der Waals surface area contributed by atoms with E-state index in [4.69, 9.17) is 0 Å². The van der Waals surface area contributed by atoms with Crippen LogP contribution >= 0.6 is 0 Å². The second kappa shape index (κ2) is 3.56. The normalized spacial score (nSPS) is 10.1. The van der Waals surface area contributed by atoms with Gasteiger partial charge in [0.1, 0.15) is 5.78 Å². The van der Waals surface area contributed by atoms with Gasteiger partial charge in [0.05, 0.1) is 0 Å². The molecule has 0 radical (unpaired) electrons. The van der Waals surface area contributed by atoms with E-state index in [1.54, 1.807) is 13.0 Å². The molecule has 0 amide bonds. The van der Waals surface area contributed by atoms with Crippen molar-refractivity contribution in [1.82, 2.24) is 0 Å². The van der Waals surface area contributed by atoms with E-state index >= 15 is 0 Å². The SMILES string of the molecule is CC(=O)Cc1c(C)ccc(F)c1O. The second-order valence-corrected chi connectivity index (χ2v) is 3.07. The Balaban J connectivity index is 3.17. The number of aryl methyl sites for hydroxylation is 1. The highest BCUT2D eigenvalue weighted by Gasteiger charge is 2.11. The van der Waals surface area contributed by atoms with E-state index in [1.807, 2.05) is 0 Å². The van der Waals surface area contributed by atoms with Crippen molar-refractivity contribution in [3.05, 3.63) is 29.1 Å². The zero-order valence-electron chi connectivity index (χ0n) is 7.60. The number of carbonyl (C=O) groups is 1. The van der Waals surface area contributed by atoms with Gasteiger partial charge in [-0.3, -0.25) is 4.79 Å². The summed E-state index contributed by atoms with van der Waals surface area (Å²) in [5, 5.41) is 9.30. The number of hydrogen-bond donors (Lipinski definition) is 1. The third kappa shape index (κ3) is 2.05. The van der Waals surface area contributed by atoms with Gasteiger partial charge in [0, 0.05) is 12.0 Å². The van der Waals surface area contributed by atoms with Gasteiger partial charge in [-0.2, -0.15) is 0 Å². The fourth-order valence-electron chi connectivity index (χ4n) is 1.18. The highest BCUT2D eigenvalue weighted by molar-refractivity contribution is 5.79. The molecule has 0 aliphatic carbocycles. The summed E-state index contributed by atoms with van der Waals surface area (Å²) in [5.74, 6) is -1.18. The fraction of sp³-hybridized carbons (Fsp3) is 0.300. The highest BCUT2D eigenvalue weighted by Crippen LogP contribution is 2.24. The van der Waals surface area contributed by atoms with Crippen LogP contribution in [0.25, 0.3) is 0 Å². The van der Waals surface area contributed by atoms with E-state index < -0.39 is 11.6 Å². The molecule has 70 valence electrons. The Morgan fingerprint density at radius 3 is 2.69 bits per heavy atom. The van der Waals surface area contributed by atoms with Crippen LogP contribution in [0.3, 0.4) is 0 Å². The lowest BCUT2D eigenvalue weighted by atomic mass is 10.0. The molecule has 1 N–H and O–H groups in total. The van der Waals surface area contributed by atoms with Crippen LogP contribution in [-0.2, 0) is 11.2 Å². The molecule has 0 fully saturated rings. The van der Waals surface area contributed by atoms with Crippen LogP contribution in [0.15, 0.2) is 12.1 Å². The molecule has 0 atom stereocenters. The van der Waals surface area contributed by atoms with Gasteiger partial charge in [-0.25, -0.2) is 4.39 Å². The first-order valence-corrected chi connectivity index (χ1v) is 3.98. The molecule has 1 aromatic rings. The molecule has 1 aromatic carbocycles. The summed E-state index contributed by atoms with van der Waals surface area (Å²) >= 11 is 0. The first-order valence-electron chi connectivity index (χ1n) is 3.98. The van der Waals surface area contributed by atoms with Crippen molar-refractivity contribution in [3.8, 4) is 5.75 Å². The Labute approximate surface area is 76.0 Å². The van der Waals surface area contributed by atoms with Crippen molar-refractivity contribution < 1.29 is 14.3 Å². The number of Topliss-reactive ketones (excluding diaryl/α,β-unsaturated/α-hetero) is 1. The van der Waals surface area contributed by atoms with E-state index in [9.17, 15) is 14.3 Å². The Kier molecular flexibility index (Phi) is 2.66. The van der Waals surface area contributed by atoms with Gasteiger partial charge in [-0.1, -0.05) is 6.07 Å². The number of hydrogen-bond acceptors (Lipinski definition) is 2. The lowest BCUT2D eigenvalue weighted by Crippen LogP contribution is -2.00. The first kappa shape index (κ1) is 9.71. The van der Waals surface area contributed by atoms with E-state index in [-0.39, 0.29) is 12.2 Å². The predicted octanol–water partition coefficient (Wildman–Crippen LogP) is 1.97. The monoisotopic (exact) mass is 182 g/mol. The number of aromatic hydroxyl groups is 1. The maximum Gasteiger partial charge on any atom is 0.165 e. The van der Waals surface area contributed by atoms with Crippen LogP contribution in [0.4, 0.5) is 4.39 Å². The maximum absolute atomic E-state index is 12.8. The molecule has 0 unspecified atom stereocenters. The first-order chi connectivity index (χ1) is 6.02. The van der Waals surface area contributed by atoms with Gasteiger partial charge < -0.3 is 5.11 Å². The van der Waals surface area contributed by atoms with Crippen LogP contribution in [0.2, 0.25) is 0 Å². The molecular weight excluding hydrogens is 171 g/mol. The smallest absolute Gasteiger partial charge is 0.165 e. The van der Waals surface area contributed by atoms with E-state index in [1.165, 1.54) is 13.0 Å². The third-order valence-electron chi connectivity index (χ3n) is 1.89. The Bertz CT molecular complexity index is 345. The van der Waals surface area contributed by atoms with Crippen LogP contribution in [-0.4, -0.2) is 10.9 Å². The average Bonchev–Trinajstić information content (AvgIpc) is 2.05. The van der Waals surface area contributed by atoms with Gasteiger partial charge in [0.2, 0.25) is 0 Å². The van der Waals surface area contributed by atoms with E-state index in [2.05, 4.69) is 0 Å². The molecule has 0 aliphatic heterocycles. The third-order valence-corrected chi connectivity index (χ3v) is 1.89. The summed E-state index contributed by atoms with van der Waals surface area (Å²) in [5.41, 5.74) is 1.11. The Hall–Kier alpha value is -1.38. The summed E-state index contributed by atoms with van der Waals surface area (Å²) in [6.07, 6.45) is 0.0788. The summed E-state index contributed by atoms with van der Waals surface area (Å²) in [6, 6.07) is 2.74. The van der Waals surface area contributed by atoms with Crippen molar-refractivity contribution in [3.63, 3.8) is 0 Å². The number of phenolic OH excluding ortho intramolecular Hbond substituents is 1. The van der Waals surface area contributed by atoms with Crippen LogP contribution in [0.1, 0.15) is 18.1 Å². The quantitative estimate of drug-likeness (QED) is 0.759. The van der Waals surface area contributed by atoms with E-state index in [0.717, 1.165) is 5.56 Å². The summed E-state index contributed by atoms with van der Waals surface area (Å²) in [4.78, 5) is 10.8. The molecule has 13 heavy (non-hydrogen) atoms. The minimum absolute atomic E-state index is 0.0788. The lowest BCUT2D eigenvalue weighted by Gasteiger charge is -2.06. The van der Waals surface area contributed by atoms with Gasteiger partial charge in [-0.15, -0.1) is 0 Å². The molecule has 1 rings (SSSR count). The summed E-state index contributed by atoms with van der Waals surface area (Å²) in [6.45, 7) is 3.14. The van der Waals surface area contributed by atoms with Crippen molar-refractivity contribution in [2.75, 3.05) is 0 Å². The van der Waals surface area contributed by atoms with Gasteiger partial charge in [-0.05, 0) is 25.5 Å². The van der Waals surface area contributed by atoms with Gasteiger partial charge >= 0.3 is 0 Å². The average molecular weight is 182 g/mol. The molecular formula is C10H11FO2. The van der Waals surface area contributed by atoms with Crippen LogP contribution in [0.5, 0.6) is 5.75 Å².